The Hall–Kier alpha value is -2.60. The normalized spacial score (nSPS) is 18.6. The van der Waals surface area contributed by atoms with E-state index in [2.05, 4.69) is 37.7 Å². The molecule has 0 radical (unpaired) electrons. The molecule has 4 rings (SSSR count). The minimum Gasteiger partial charge on any atom is -0.494 e. The summed E-state index contributed by atoms with van der Waals surface area (Å²) < 4.78 is 20.9. The predicted molar refractivity (Wildman–Crippen MR) is 127 cm³/mol. The Labute approximate surface area is 190 Å². The molecule has 0 aliphatic carbocycles. The molecule has 1 atom stereocenters. The minimum atomic E-state index is -0.269. The molecule has 0 saturated carbocycles. The van der Waals surface area contributed by atoms with Crippen LogP contribution < -0.4 is 14.5 Å². The number of anilines is 2. The number of hydrogen-bond donors (Lipinski definition) is 0. The first-order valence-electron chi connectivity index (χ1n) is 11.6. The number of nitrogens with zero attached hydrogens (tertiary/aromatic N) is 3. The van der Waals surface area contributed by atoms with Gasteiger partial charge in [0.25, 0.3) is 5.91 Å². The molecule has 2 aliphatic rings. The number of carbonyl (C=O) groups is 1. The number of hydrogen-bond acceptors (Lipinski definition) is 4. The van der Waals surface area contributed by atoms with Gasteiger partial charge in [0.2, 0.25) is 0 Å². The smallest absolute Gasteiger partial charge is 0.258 e. The molecule has 2 aliphatic heterocycles. The second kappa shape index (κ2) is 9.49. The summed E-state index contributed by atoms with van der Waals surface area (Å²) in [5.41, 5.74) is 2.90. The van der Waals surface area contributed by atoms with Crippen LogP contribution in [0.2, 0.25) is 0 Å². The summed E-state index contributed by atoms with van der Waals surface area (Å²) in [5, 5.41) is 0. The zero-order valence-corrected chi connectivity index (χ0v) is 19.6. The van der Waals surface area contributed by atoms with Crippen LogP contribution in [0.15, 0.2) is 36.4 Å². The maximum Gasteiger partial charge on any atom is 0.258 e. The molecule has 0 bridgehead atoms. The standard InChI is InChI=1S/C26H34FN3O2/c1-18(2)11-14-32-22-6-7-23-19(15-22)9-13-30(26(23)31)20-5-8-25(24(27)16-20)29-12-10-21(17-29)28(3)4/h5-8,15-16,18,21H,9-14,17H2,1-4H3/t21-/m1/s1. The van der Waals surface area contributed by atoms with Gasteiger partial charge in [-0.2, -0.15) is 0 Å². The van der Waals surface area contributed by atoms with Crippen molar-refractivity contribution in [1.29, 1.82) is 0 Å². The fourth-order valence-electron chi connectivity index (χ4n) is 4.52. The van der Waals surface area contributed by atoms with E-state index < -0.39 is 0 Å². The van der Waals surface area contributed by atoms with Gasteiger partial charge in [-0.15, -0.1) is 0 Å². The van der Waals surface area contributed by atoms with Gasteiger partial charge in [-0.25, -0.2) is 4.39 Å². The third-order valence-electron chi connectivity index (χ3n) is 6.60. The molecular weight excluding hydrogens is 405 g/mol. The first-order chi connectivity index (χ1) is 15.3. The number of carbonyl (C=O) groups excluding carboxylic acids is 1. The summed E-state index contributed by atoms with van der Waals surface area (Å²) >= 11 is 0. The van der Waals surface area contributed by atoms with Gasteiger partial charge in [-0.05, 0) is 81.2 Å². The third kappa shape index (κ3) is 4.75. The fourth-order valence-corrected chi connectivity index (χ4v) is 4.52. The van der Waals surface area contributed by atoms with Crippen LogP contribution in [0.25, 0.3) is 0 Å². The summed E-state index contributed by atoms with van der Waals surface area (Å²) in [6.07, 6.45) is 2.75. The van der Waals surface area contributed by atoms with E-state index in [-0.39, 0.29) is 11.7 Å². The van der Waals surface area contributed by atoms with Gasteiger partial charge in [0.15, 0.2) is 0 Å². The Morgan fingerprint density at radius 3 is 2.66 bits per heavy atom. The van der Waals surface area contributed by atoms with Gasteiger partial charge >= 0.3 is 0 Å². The average molecular weight is 440 g/mol. The molecule has 172 valence electrons. The predicted octanol–water partition coefficient (Wildman–Crippen LogP) is 4.59. The molecular formula is C26H34FN3O2. The lowest BCUT2D eigenvalue weighted by Gasteiger charge is -2.30. The molecule has 2 aromatic rings. The van der Waals surface area contributed by atoms with Crippen molar-refractivity contribution in [3.63, 3.8) is 0 Å². The van der Waals surface area contributed by atoms with Gasteiger partial charge in [-0.3, -0.25) is 4.79 Å². The van der Waals surface area contributed by atoms with Crippen LogP contribution >= 0.6 is 0 Å². The maximum absolute atomic E-state index is 15.0. The fraction of sp³-hybridized carbons (Fsp3) is 0.500. The highest BCUT2D eigenvalue weighted by Gasteiger charge is 2.29. The molecule has 1 fully saturated rings. The highest BCUT2D eigenvalue weighted by molar-refractivity contribution is 6.08. The van der Waals surface area contributed by atoms with Crippen LogP contribution in [0, 0.1) is 11.7 Å². The molecule has 2 aromatic carbocycles. The van der Waals surface area contributed by atoms with Crippen molar-refractivity contribution in [3.05, 3.63) is 53.3 Å². The van der Waals surface area contributed by atoms with Crippen LogP contribution in [-0.4, -0.2) is 57.2 Å². The molecule has 0 aromatic heterocycles. The van der Waals surface area contributed by atoms with E-state index >= 15 is 4.39 Å². The Kier molecular flexibility index (Phi) is 6.70. The van der Waals surface area contributed by atoms with Crippen molar-refractivity contribution in [2.24, 2.45) is 5.92 Å². The van der Waals surface area contributed by atoms with E-state index in [1.54, 1.807) is 4.90 Å². The van der Waals surface area contributed by atoms with Crippen LogP contribution in [0.1, 0.15) is 42.6 Å². The second-order valence-electron chi connectivity index (χ2n) is 9.54. The van der Waals surface area contributed by atoms with E-state index in [1.165, 1.54) is 6.07 Å². The number of benzene rings is 2. The molecule has 0 spiro atoms. The van der Waals surface area contributed by atoms with Gasteiger partial charge in [0.05, 0.1) is 12.3 Å². The van der Waals surface area contributed by atoms with E-state index in [0.29, 0.717) is 42.0 Å². The molecule has 32 heavy (non-hydrogen) atoms. The van der Waals surface area contributed by atoms with Crippen LogP contribution in [0.5, 0.6) is 5.75 Å². The molecule has 0 unspecified atom stereocenters. The number of rotatable bonds is 7. The van der Waals surface area contributed by atoms with E-state index in [1.807, 2.05) is 30.3 Å². The highest BCUT2D eigenvalue weighted by atomic mass is 19.1. The molecule has 0 N–H and O–H groups in total. The van der Waals surface area contributed by atoms with E-state index in [4.69, 9.17) is 4.74 Å². The Morgan fingerprint density at radius 1 is 1.16 bits per heavy atom. The summed E-state index contributed by atoms with van der Waals surface area (Å²) in [5.74, 6) is 1.05. The monoisotopic (exact) mass is 439 g/mol. The number of ether oxygens (including phenoxy) is 1. The molecule has 1 saturated heterocycles. The van der Waals surface area contributed by atoms with Crippen LogP contribution in [0.4, 0.5) is 15.8 Å². The second-order valence-corrected chi connectivity index (χ2v) is 9.54. The number of halogens is 1. The molecule has 2 heterocycles. The van der Waals surface area contributed by atoms with Crippen LogP contribution in [-0.2, 0) is 6.42 Å². The van der Waals surface area contributed by atoms with Gasteiger partial charge in [-0.1, -0.05) is 13.8 Å². The van der Waals surface area contributed by atoms with Crippen molar-refractivity contribution in [1.82, 2.24) is 4.90 Å². The van der Waals surface area contributed by atoms with Crippen LogP contribution in [0.3, 0.4) is 0 Å². The molecule has 5 nitrogen and oxygen atoms in total. The maximum atomic E-state index is 15.0. The zero-order chi connectivity index (χ0) is 22.8. The lowest BCUT2D eigenvalue weighted by atomic mass is 9.98. The minimum absolute atomic E-state index is 0.0824. The average Bonchev–Trinajstić information content (AvgIpc) is 3.24. The van der Waals surface area contributed by atoms with Crippen molar-refractivity contribution >= 4 is 17.3 Å². The summed E-state index contributed by atoms with van der Waals surface area (Å²) in [4.78, 5) is 19.1. The first-order valence-corrected chi connectivity index (χ1v) is 11.6. The summed E-state index contributed by atoms with van der Waals surface area (Å²) in [7, 11) is 4.13. The number of fused-ring (bicyclic) bond motifs is 1. The van der Waals surface area contributed by atoms with Gasteiger partial charge in [0, 0.05) is 36.9 Å². The lowest BCUT2D eigenvalue weighted by molar-refractivity contribution is 0.0980. The summed E-state index contributed by atoms with van der Waals surface area (Å²) in [6.45, 7) is 7.22. The van der Waals surface area contributed by atoms with Crippen molar-refractivity contribution in [3.8, 4) is 5.75 Å². The molecule has 1 amide bonds. The molecule has 6 heteroatoms. The van der Waals surface area contributed by atoms with E-state index in [9.17, 15) is 4.79 Å². The topological polar surface area (TPSA) is 36.0 Å². The lowest BCUT2D eigenvalue weighted by Crippen LogP contribution is -2.37. The Balaban J connectivity index is 1.46. The van der Waals surface area contributed by atoms with Gasteiger partial charge in [0.1, 0.15) is 11.6 Å². The Bertz CT molecular complexity index is 976. The van der Waals surface area contributed by atoms with Crippen molar-refractivity contribution in [2.75, 3.05) is 50.1 Å². The Morgan fingerprint density at radius 2 is 1.97 bits per heavy atom. The number of amides is 1. The van der Waals surface area contributed by atoms with E-state index in [0.717, 1.165) is 43.7 Å². The van der Waals surface area contributed by atoms with Gasteiger partial charge < -0.3 is 19.4 Å². The number of likely N-dealkylation sites (N-methyl/N-ethyl adjacent to an activating group) is 1. The zero-order valence-electron chi connectivity index (χ0n) is 19.6. The quantitative estimate of drug-likeness (QED) is 0.632. The van der Waals surface area contributed by atoms with Crippen molar-refractivity contribution < 1.29 is 13.9 Å². The van der Waals surface area contributed by atoms with Crippen molar-refractivity contribution in [2.45, 2.75) is 39.2 Å². The highest BCUT2D eigenvalue weighted by Crippen LogP contribution is 2.32. The summed E-state index contributed by atoms with van der Waals surface area (Å²) in [6, 6.07) is 11.3. The first kappa shape index (κ1) is 22.6. The SMILES string of the molecule is CC(C)CCOc1ccc2c(c1)CCN(c1ccc(N3CC[C@@H](N(C)C)C3)c(F)c1)C2=O. The third-order valence-corrected chi connectivity index (χ3v) is 6.60. The largest absolute Gasteiger partial charge is 0.494 e.